The Labute approximate surface area is 130 Å². The highest BCUT2D eigenvalue weighted by Gasteiger charge is 2.32. The third kappa shape index (κ3) is 5.37. The molecule has 2 unspecified atom stereocenters. The molecular weight excluding hydrogens is 286 g/mol. The topological polar surface area (TPSA) is 98.9 Å². The molecule has 0 amide bonds. The van der Waals surface area contributed by atoms with Crippen LogP contribution in [0.3, 0.4) is 0 Å². The molecule has 2 atom stereocenters. The Hall–Kier alpha value is -2.08. The minimum atomic E-state index is -1.01. The summed E-state index contributed by atoms with van der Waals surface area (Å²) in [5.41, 5.74) is 5.63. The number of hydrogen-bond acceptors (Lipinski definition) is 6. The molecule has 6 nitrogen and oxygen atoms in total. The van der Waals surface area contributed by atoms with Gasteiger partial charge in [0.25, 0.3) is 0 Å². The second kappa shape index (κ2) is 7.26. The smallest absolute Gasteiger partial charge is 0.322 e. The molecule has 3 N–H and O–H groups in total. The highest BCUT2D eigenvalue weighted by Crippen LogP contribution is 2.20. The maximum atomic E-state index is 12.1. The van der Waals surface area contributed by atoms with Crippen molar-refractivity contribution in [3.05, 3.63) is 29.8 Å². The van der Waals surface area contributed by atoms with Crippen LogP contribution in [0.1, 0.15) is 45.9 Å². The van der Waals surface area contributed by atoms with E-state index in [-0.39, 0.29) is 12.2 Å². The molecule has 0 saturated carbocycles. The van der Waals surface area contributed by atoms with Crippen molar-refractivity contribution in [1.29, 1.82) is 0 Å². The molecule has 0 saturated heterocycles. The van der Waals surface area contributed by atoms with Crippen molar-refractivity contribution in [3.63, 3.8) is 0 Å². The van der Waals surface area contributed by atoms with Gasteiger partial charge in [0.2, 0.25) is 0 Å². The molecule has 1 aromatic rings. The molecule has 1 aromatic carbocycles. The van der Waals surface area contributed by atoms with Gasteiger partial charge in [-0.05, 0) is 39.3 Å². The van der Waals surface area contributed by atoms with Gasteiger partial charge in [-0.25, -0.2) is 0 Å². The van der Waals surface area contributed by atoms with E-state index in [1.807, 2.05) is 0 Å². The van der Waals surface area contributed by atoms with E-state index < -0.39 is 29.7 Å². The van der Waals surface area contributed by atoms with Crippen molar-refractivity contribution in [2.45, 2.75) is 45.9 Å². The summed E-state index contributed by atoms with van der Waals surface area (Å²) < 4.78 is 10.3. The quantitative estimate of drug-likeness (QED) is 0.492. The number of hydrogen-bond donors (Lipinski definition) is 2. The van der Waals surface area contributed by atoms with E-state index in [4.69, 9.17) is 15.2 Å². The summed E-state index contributed by atoms with van der Waals surface area (Å²) in [6.07, 6.45) is -0.750. The molecular formula is C16H23NO5. The van der Waals surface area contributed by atoms with Gasteiger partial charge < -0.3 is 14.6 Å². The molecule has 0 aromatic heterocycles. The minimum Gasteiger partial charge on any atom is -0.508 e. The van der Waals surface area contributed by atoms with Crippen molar-refractivity contribution in [2.24, 2.45) is 11.7 Å². The van der Waals surface area contributed by atoms with Crippen LogP contribution in [0.2, 0.25) is 0 Å². The number of carbonyl (C=O) groups is 2. The maximum Gasteiger partial charge on any atom is 0.322 e. The van der Waals surface area contributed by atoms with Gasteiger partial charge in [-0.2, -0.15) is 0 Å². The van der Waals surface area contributed by atoms with Crippen LogP contribution < -0.4 is 5.73 Å². The molecule has 1 rings (SSSR count). The van der Waals surface area contributed by atoms with Crippen molar-refractivity contribution < 1.29 is 24.2 Å². The Bertz CT molecular complexity index is 518. The van der Waals surface area contributed by atoms with E-state index in [1.165, 1.54) is 12.1 Å². The van der Waals surface area contributed by atoms with Gasteiger partial charge in [-0.3, -0.25) is 15.3 Å². The monoisotopic (exact) mass is 309 g/mol. The van der Waals surface area contributed by atoms with Crippen molar-refractivity contribution in [3.8, 4) is 5.75 Å². The Kier molecular flexibility index (Phi) is 5.93. The lowest BCUT2D eigenvalue weighted by molar-refractivity contribution is -0.171. The number of aromatic hydroxyl groups is 1. The zero-order valence-corrected chi connectivity index (χ0v) is 13.3. The van der Waals surface area contributed by atoms with E-state index >= 15 is 0 Å². The van der Waals surface area contributed by atoms with Crippen LogP contribution >= 0.6 is 0 Å². The normalized spacial score (nSPS) is 14.0. The first-order chi connectivity index (χ1) is 10.1. The van der Waals surface area contributed by atoms with Crippen LogP contribution in [0, 0.1) is 5.92 Å². The predicted octanol–water partition coefficient (Wildman–Crippen LogP) is 2.26. The summed E-state index contributed by atoms with van der Waals surface area (Å²) in [6, 6.07) is 5.96. The van der Waals surface area contributed by atoms with Crippen LogP contribution in [-0.2, 0) is 19.1 Å². The van der Waals surface area contributed by atoms with E-state index in [2.05, 4.69) is 0 Å². The standard InChI is InChI=1S/C16H23NO5/c1-5-12(15(20)22-16(2,3)4)14(19)21-13(17)10-6-8-11(18)9-7-10/h6-9,12-13,18H,5,17H2,1-4H3. The van der Waals surface area contributed by atoms with E-state index in [0.29, 0.717) is 5.56 Å². The number of ether oxygens (including phenoxy) is 2. The molecule has 122 valence electrons. The predicted molar refractivity (Wildman–Crippen MR) is 80.8 cm³/mol. The highest BCUT2D eigenvalue weighted by atomic mass is 16.6. The van der Waals surface area contributed by atoms with Crippen molar-refractivity contribution in [2.75, 3.05) is 0 Å². The van der Waals surface area contributed by atoms with Gasteiger partial charge in [0.1, 0.15) is 11.4 Å². The average Bonchev–Trinajstić information content (AvgIpc) is 2.37. The third-order valence-corrected chi connectivity index (χ3v) is 2.85. The Morgan fingerprint density at radius 3 is 2.18 bits per heavy atom. The summed E-state index contributed by atoms with van der Waals surface area (Å²) in [6.45, 7) is 6.88. The second-order valence-corrected chi connectivity index (χ2v) is 5.94. The molecule has 0 aliphatic carbocycles. The van der Waals surface area contributed by atoms with Crippen LogP contribution in [-0.4, -0.2) is 22.6 Å². The van der Waals surface area contributed by atoms with Gasteiger partial charge in [-0.1, -0.05) is 19.1 Å². The van der Waals surface area contributed by atoms with Crippen LogP contribution in [0.25, 0.3) is 0 Å². The number of esters is 2. The number of benzene rings is 1. The maximum absolute atomic E-state index is 12.1. The van der Waals surface area contributed by atoms with Crippen molar-refractivity contribution >= 4 is 11.9 Å². The van der Waals surface area contributed by atoms with E-state index in [1.54, 1.807) is 39.8 Å². The van der Waals surface area contributed by atoms with Crippen LogP contribution in [0.4, 0.5) is 0 Å². The largest absolute Gasteiger partial charge is 0.508 e. The van der Waals surface area contributed by atoms with Gasteiger partial charge in [0.15, 0.2) is 12.1 Å². The Balaban J connectivity index is 2.72. The average molecular weight is 309 g/mol. The summed E-state index contributed by atoms with van der Waals surface area (Å²) in [7, 11) is 0. The van der Waals surface area contributed by atoms with Crippen molar-refractivity contribution in [1.82, 2.24) is 0 Å². The molecule has 0 spiro atoms. The highest BCUT2D eigenvalue weighted by molar-refractivity contribution is 5.95. The number of phenolic OH excluding ortho intramolecular Hbond substituents is 1. The van der Waals surface area contributed by atoms with Crippen LogP contribution in [0.15, 0.2) is 24.3 Å². The Morgan fingerprint density at radius 2 is 1.73 bits per heavy atom. The molecule has 22 heavy (non-hydrogen) atoms. The fourth-order valence-corrected chi connectivity index (χ4v) is 1.74. The first-order valence-corrected chi connectivity index (χ1v) is 7.12. The second-order valence-electron chi connectivity index (χ2n) is 5.94. The minimum absolute atomic E-state index is 0.0856. The summed E-state index contributed by atoms with van der Waals surface area (Å²) in [5.74, 6) is -2.28. The third-order valence-electron chi connectivity index (χ3n) is 2.85. The fraction of sp³-hybridized carbons (Fsp3) is 0.500. The fourth-order valence-electron chi connectivity index (χ4n) is 1.74. The summed E-state index contributed by atoms with van der Waals surface area (Å²) in [5, 5.41) is 9.22. The first-order valence-electron chi connectivity index (χ1n) is 7.12. The molecule has 0 aliphatic rings. The summed E-state index contributed by atoms with van der Waals surface area (Å²) in [4.78, 5) is 24.1. The Morgan fingerprint density at radius 1 is 1.18 bits per heavy atom. The number of rotatable bonds is 5. The molecule has 0 fully saturated rings. The molecule has 0 heterocycles. The molecule has 0 bridgehead atoms. The van der Waals surface area contributed by atoms with Gasteiger partial charge in [0, 0.05) is 5.56 Å². The number of nitrogens with two attached hydrogens (primary N) is 1. The zero-order chi connectivity index (χ0) is 16.9. The van der Waals surface area contributed by atoms with Gasteiger partial charge in [0.05, 0.1) is 0 Å². The van der Waals surface area contributed by atoms with Crippen LogP contribution in [0.5, 0.6) is 5.75 Å². The number of phenols is 1. The van der Waals surface area contributed by atoms with Gasteiger partial charge in [-0.15, -0.1) is 0 Å². The summed E-state index contributed by atoms with van der Waals surface area (Å²) >= 11 is 0. The zero-order valence-electron chi connectivity index (χ0n) is 13.3. The lowest BCUT2D eigenvalue weighted by atomic mass is 10.1. The van der Waals surface area contributed by atoms with Gasteiger partial charge >= 0.3 is 11.9 Å². The molecule has 0 aliphatic heterocycles. The van der Waals surface area contributed by atoms with E-state index in [0.717, 1.165) is 0 Å². The molecule has 6 heteroatoms. The first kappa shape index (κ1) is 18.0. The lowest BCUT2D eigenvalue weighted by Crippen LogP contribution is -2.34. The number of carbonyl (C=O) groups excluding carboxylic acids is 2. The molecule has 0 radical (unpaired) electrons. The lowest BCUT2D eigenvalue weighted by Gasteiger charge is -2.23. The SMILES string of the molecule is CCC(C(=O)OC(N)c1ccc(O)cc1)C(=O)OC(C)(C)C. The van der Waals surface area contributed by atoms with E-state index in [9.17, 15) is 14.7 Å².